The van der Waals surface area contributed by atoms with Crippen LogP contribution in [0, 0.1) is 0 Å². The molecule has 33 heavy (non-hydrogen) atoms. The second-order valence-corrected chi connectivity index (χ2v) is 9.79. The van der Waals surface area contributed by atoms with E-state index in [1.54, 1.807) is 10.6 Å². The van der Waals surface area contributed by atoms with Crippen LogP contribution < -0.4 is 5.56 Å². The molecule has 0 spiro atoms. The Morgan fingerprint density at radius 3 is 2.48 bits per heavy atom. The summed E-state index contributed by atoms with van der Waals surface area (Å²) in [5, 5.41) is 1.15. The van der Waals surface area contributed by atoms with E-state index in [4.69, 9.17) is 9.72 Å². The number of para-hydroxylation sites is 1. The molecular formula is C26H33N3O3S. The van der Waals surface area contributed by atoms with Gasteiger partial charge in [-0.05, 0) is 51.8 Å². The molecule has 0 fully saturated rings. The van der Waals surface area contributed by atoms with Crippen LogP contribution in [0.5, 0.6) is 0 Å². The lowest BCUT2D eigenvalue weighted by Gasteiger charge is -2.36. The van der Waals surface area contributed by atoms with Crippen LogP contribution in [0.4, 0.5) is 0 Å². The fourth-order valence-electron chi connectivity index (χ4n) is 3.59. The largest absolute Gasteiger partial charge is 0.382 e. The number of nitrogens with zero attached hydrogens (tertiary/aromatic N) is 3. The molecule has 0 saturated carbocycles. The highest BCUT2D eigenvalue weighted by Gasteiger charge is 2.27. The lowest BCUT2D eigenvalue weighted by molar-refractivity contribution is -0.133. The van der Waals surface area contributed by atoms with Crippen LogP contribution in [0.2, 0.25) is 0 Å². The molecule has 0 aliphatic heterocycles. The van der Waals surface area contributed by atoms with Crippen molar-refractivity contribution in [2.24, 2.45) is 0 Å². The molecule has 0 saturated heterocycles. The molecule has 6 nitrogen and oxygen atoms in total. The van der Waals surface area contributed by atoms with Gasteiger partial charge in [-0.15, -0.1) is 0 Å². The van der Waals surface area contributed by atoms with Crippen molar-refractivity contribution in [3.05, 3.63) is 70.5 Å². The average Bonchev–Trinajstić information content (AvgIpc) is 2.80. The van der Waals surface area contributed by atoms with Crippen molar-refractivity contribution in [1.29, 1.82) is 0 Å². The number of carbonyl (C=O) groups is 1. The summed E-state index contributed by atoms with van der Waals surface area (Å²) in [6.07, 6.45) is 0.706. The fourth-order valence-corrected chi connectivity index (χ4v) is 4.50. The third-order valence-electron chi connectivity index (χ3n) is 5.32. The van der Waals surface area contributed by atoms with Gasteiger partial charge in [-0.3, -0.25) is 14.2 Å². The highest BCUT2D eigenvalue weighted by molar-refractivity contribution is 7.99. The van der Waals surface area contributed by atoms with Crippen LogP contribution in [0.1, 0.15) is 39.7 Å². The summed E-state index contributed by atoms with van der Waals surface area (Å²) in [6.45, 7) is 10.3. The monoisotopic (exact) mass is 467 g/mol. The SMILES string of the molecule is CCOCCCn1c(SCC(=O)N(Cc2ccccc2)C(C)(C)C)nc2ccccc2c1=O. The summed E-state index contributed by atoms with van der Waals surface area (Å²) in [4.78, 5) is 33.1. The van der Waals surface area contributed by atoms with Gasteiger partial charge in [0.15, 0.2) is 5.16 Å². The van der Waals surface area contributed by atoms with Crippen molar-refractivity contribution in [3.8, 4) is 0 Å². The van der Waals surface area contributed by atoms with E-state index >= 15 is 0 Å². The third-order valence-corrected chi connectivity index (χ3v) is 6.28. The molecule has 0 atom stereocenters. The highest BCUT2D eigenvalue weighted by Crippen LogP contribution is 2.23. The quantitative estimate of drug-likeness (QED) is 0.245. The Kier molecular flexibility index (Phi) is 8.69. The average molecular weight is 468 g/mol. The van der Waals surface area contributed by atoms with Crippen molar-refractivity contribution in [1.82, 2.24) is 14.5 Å². The van der Waals surface area contributed by atoms with Crippen LogP contribution in [0.3, 0.4) is 0 Å². The van der Waals surface area contributed by atoms with E-state index in [0.717, 1.165) is 5.56 Å². The maximum Gasteiger partial charge on any atom is 0.262 e. The number of aromatic nitrogens is 2. The molecule has 0 aliphatic carbocycles. The molecule has 1 amide bonds. The summed E-state index contributed by atoms with van der Waals surface area (Å²) in [5.74, 6) is 0.222. The van der Waals surface area contributed by atoms with E-state index in [-0.39, 0.29) is 22.8 Å². The Hall–Kier alpha value is -2.64. The lowest BCUT2D eigenvalue weighted by atomic mass is 10.0. The molecule has 176 valence electrons. The third kappa shape index (κ3) is 6.68. The standard InChI is InChI=1S/C26H33N3O3S/c1-5-32-17-11-16-28-24(31)21-14-9-10-15-22(21)27-25(28)33-19-23(30)29(26(2,3)4)18-20-12-7-6-8-13-20/h6-10,12-15H,5,11,16-19H2,1-4H3. The smallest absolute Gasteiger partial charge is 0.262 e. The van der Waals surface area contributed by atoms with Gasteiger partial charge >= 0.3 is 0 Å². The number of fused-ring (bicyclic) bond motifs is 1. The zero-order chi connectivity index (χ0) is 23.8. The lowest BCUT2D eigenvalue weighted by Crippen LogP contribution is -2.46. The first-order chi connectivity index (χ1) is 15.8. The molecule has 0 radical (unpaired) electrons. The Bertz CT molecular complexity index is 1120. The number of ether oxygens (including phenoxy) is 1. The second-order valence-electron chi connectivity index (χ2n) is 8.84. The molecule has 1 heterocycles. The summed E-state index contributed by atoms with van der Waals surface area (Å²) >= 11 is 1.32. The summed E-state index contributed by atoms with van der Waals surface area (Å²) < 4.78 is 7.12. The van der Waals surface area contributed by atoms with Gasteiger partial charge in [0.2, 0.25) is 5.91 Å². The number of hydrogen-bond donors (Lipinski definition) is 0. The number of hydrogen-bond acceptors (Lipinski definition) is 5. The van der Waals surface area contributed by atoms with E-state index in [9.17, 15) is 9.59 Å². The van der Waals surface area contributed by atoms with Gasteiger partial charge in [0.25, 0.3) is 5.56 Å². The predicted octanol–water partition coefficient (Wildman–Crippen LogP) is 4.74. The first kappa shape index (κ1) is 25.0. The Morgan fingerprint density at radius 1 is 1.09 bits per heavy atom. The fraction of sp³-hybridized carbons (Fsp3) is 0.423. The van der Waals surface area contributed by atoms with E-state index in [2.05, 4.69) is 0 Å². The molecule has 1 aromatic heterocycles. The first-order valence-electron chi connectivity index (χ1n) is 11.4. The van der Waals surface area contributed by atoms with E-state index < -0.39 is 0 Å². The maximum atomic E-state index is 13.3. The molecule has 0 bridgehead atoms. The maximum absolute atomic E-state index is 13.3. The van der Waals surface area contributed by atoms with Crippen LogP contribution in [-0.4, -0.2) is 44.9 Å². The summed E-state index contributed by atoms with van der Waals surface area (Å²) in [6, 6.07) is 17.3. The van der Waals surface area contributed by atoms with Crippen molar-refractivity contribution >= 4 is 28.6 Å². The molecule has 3 rings (SSSR count). The van der Waals surface area contributed by atoms with Crippen molar-refractivity contribution in [2.75, 3.05) is 19.0 Å². The molecule has 7 heteroatoms. The molecule has 0 N–H and O–H groups in total. The number of benzene rings is 2. The van der Waals surface area contributed by atoms with Gasteiger partial charge in [0.1, 0.15) is 0 Å². The van der Waals surface area contributed by atoms with E-state index in [0.29, 0.717) is 48.8 Å². The van der Waals surface area contributed by atoms with Gasteiger partial charge < -0.3 is 9.64 Å². The normalized spacial score (nSPS) is 11.6. The number of carbonyl (C=O) groups excluding carboxylic acids is 1. The molecule has 3 aromatic rings. The molecular weight excluding hydrogens is 434 g/mol. The minimum absolute atomic E-state index is 0.0135. The van der Waals surface area contributed by atoms with Gasteiger partial charge in [0.05, 0.1) is 16.7 Å². The number of thioether (sulfide) groups is 1. The van der Waals surface area contributed by atoms with Crippen LogP contribution in [0.25, 0.3) is 10.9 Å². The van der Waals surface area contributed by atoms with Crippen molar-refractivity contribution < 1.29 is 9.53 Å². The number of rotatable bonds is 10. The van der Waals surface area contributed by atoms with Gasteiger partial charge in [-0.1, -0.05) is 54.2 Å². The minimum atomic E-state index is -0.332. The second kappa shape index (κ2) is 11.5. The molecule has 2 aromatic carbocycles. The Balaban J connectivity index is 1.83. The Morgan fingerprint density at radius 2 is 1.79 bits per heavy atom. The van der Waals surface area contributed by atoms with Crippen molar-refractivity contribution in [3.63, 3.8) is 0 Å². The van der Waals surface area contributed by atoms with Gasteiger partial charge in [-0.2, -0.15) is 0 Å². The van der Waals surface area contributed by atoms with Crippen LogP contribution in [-0.2, 0) is 22.6 Å². The zero-order valence-electron chi connectivity index (χ0n) is 19.9. The zero-order valence-corrected chi connectivity index (χ0v) is 20.7. The topological polar surface area (TPSA) is 64.4 Å². The predicted molar refractivity (Wildman–Crippen MR) is 135 cm³/mol. The summed E-state index contributed by atoms with van der Waals surface area (Å²) in [7, 11) is 0. The minimum Gasteiger partial charge on any atom is -0.382 e. The highest BCUT2D eigenvalue weighted by atomic mass is 32.2. The summed E-state index contributed by atoms with van der Waals surface area (Å²) in [5.41, 5.74) is 1.32. The van der Waals surface area contributed by atoms with Crippen LogP contribution >= 0.6 is 11.8 Å². The molecule has 0 unspecified atom stereocenters. The van der Waals surface area contributed by atoms with Crippen LogP contribution in [0.15, 0.2) is 64.5 Å². The number of amides is 1. The Labute approximate surface area is 200 Å². The van der Waals surface area contributed by atoms with E-state index in [1.807, 2.05) is 81.1 Å². The van der Waals surface area contributed by atoms with Gasteiger partial charge in [-0.25, -0.2) is 4.98 Å². The first-order valence-corrected chi connectivity index (χ1v) is 12.3. The van der Waals surface area contributed by atoms with Crippen molar-refractivity contribution in [2.45, 2.75) is 57.9 Å². The van der Waals surface area contributed by atoms with Gasteiger partial charge in [0, 0.05) is 31.8 Å². The molecule has 0 aliphatic rings. The van der Waals surface area contributed by atoms with E-state index in [1.165, 1.54) is 11.8 Å².